The molecule has 0 bridgehead atoms. The van der Waals surface area contributed by atoms with Gasteiger partial charge in [-0.2, -0.15) is 0 Å². The molecule has 36 heavy (non-hydrogen) atoms. The quantitative estimate of drug-likeness (QED) is 0.263. The Morgan fingerprint density at radius 3 is 2.58 bits per heavy atom. The van der Waals surface area contributed by atoms with Crippen molar-refractivity contribution >= 4 is 21.6 Å². The van der Waals surface area contributed by atoms with Gasteiger partial charge in [0.2, 0.25) is 0 Å². The van der Waals surface area contributed by atoms with Crippen molar-refractivity contribution < 1.29 is 14.2 Å². The van der Waals surface area contributed by atoms with Crippen molar-refractivity contribution in [2.45, 2.75) is 51.9 Å². The van der Waals surface area contributed by atoms with E-state index in [-0.39, 0.29) is 5.56 Å². The predicted octanol–water partition coefficient (Wildman–Crippen LogP) is 6.51. The summed E-state index contributed by atoms with van der Waals surface area (Å²) < 4.78 is 17.3. The Morgan fingerprint density at radius 1 is 1.03 bits per heavy atom. The van der Waals surface area contributed by atoms with E-state index in [4.69, 9.17) is 19.2 Å². The number of ether oxygens (including phenoxy) is 3. The van der Waals surface area contributed by atoms with Crippen molar-refractivity contribution in [3.05, 3.63) is 68.8 Å². The largest absolute Gasteiger partial charge is 0.493 e. The van der Waals surface area contributed by atoms with Gasteiger partial charge in [-0.1, -0.05) is 26.0 Å². The molecule has 0 amide bonds. The van der Waals surface area contributed by atoms with Gasteiger partial charge in [0, 0.05) is 10.4 Å². The Labute approximate surface area is 215 Å². The fourth-order valence-corrected chi connectivity index (χ4v) is 5.94. The van der Waals surface area contributed by atoms with E-state index in [9.17, 15) is 4.79 Å². The van der Waals surface area contributed by atoms with Gasteiger partial charge >= 0.3 is 0 Å². The zero-order valence-electron chi connectivity index (χ0n) is 21.1. The van der Waals surface area contributed by atoms with Crippen LogP contribution in [0.1, 0.15) is 55.0 Å². The molecule has 0 unspecified atom stereocenters. The normalized spacial score (nSPS) is 13.9. The first-order valence-corrected chi connectivity index (χ1v) is 13.5. The van der Waals surface area contributed by atoms with Crippen molar-refractivity contribution in [2.24, 2.45) is 0 Å². The molecule has 188 valence electrons. The van der Waals surface area contributed by atoms with Gasteiger partial charge in [0.05, 0.1) is 12.5 Å². The van der Waals surface area contributed by atoms with Gasteiger partial charge in [-0.15, -0.1) is 11.3 Å². The number of aryl methyl sites for hydroxylation is 2. The fraction of sp³-hybridized carbons (Fsp3) is 0.379. The molecule has 2 aromatic heterocycles. The van der Waals surface area contributed by atoms with Crippen LogP contribution in [0.2, 0.25) is 0 Å². The lowest BCUT2D eigenvalue weighted by atomic mass is 9.97. The maximum Gasteiger partial charge on any atom is 0.260 e. The minimum atomic E-state index is -0.0666. The van der Waals surface area contributed by atoms with E-state index in [0.717, 1.165) is 47.2 Å². The average Bonchev–Trinajstić information content (AvgIpc) is 3.30. The summed E-state index contributed by atoms with van der Waals surface area (Å²) in [6, 6.07) is 13.8. The third-order valence-corrected chi connectivity index (χ3v) is 8.12. The van der Waals surface area contributed by atoms with Gasteiger partial charge in [0.25, 0.3) is 5.56 Å². The Kier molecular flexibility index (Phi) is 7.28. The highest BCUT2D eigenvalue weighted by Gasteiger charge is 2.20. The zero-order chi connectivity index (χ0) is 25.1. The average molecular weight is 505 g/mol. The van der Waals surface area contributed by atoms with Gasteiger partial charge in [0.1, 0.15) is 29.6 Å². The van der Waals surface area contributed by atoms with Crippen molar-refractivity contribution in [1.29, 1.82) is 0 Å². The van der Waals surface area contributed by atoms with Gasteiger partial charge in [-0.05, 0) is 79.5 Å². The van der Waals surface area contributed by atoms with Crippen LogP contribution in [0, 0.1) is 0 Å². The number of nitrogens with zero attached hydrogens (tertiary/aromatic N) is 1. The maximum absolute atomic E-state index is 12.9. The minimum absolute atomic E-state index is 0.0666. The summed E-state index contributed by atoms with van der Waals surface area (Å²) in [5.41, 5.74) is 3.22. The van der Waals surface area contributed by atoms with Gasteiger partial charge in [0.15, 0.2) is 11.5 Å². The topological polar surface area (TPSA) is 73.4 Å². The molecule has 1 aliphatic carbocycles. The zero-order valence-corrected chi connectivity index (χ0v) is 21.9. The van der Waals surface area contributed by atoms with Crippen LogP contribution in [-0.4, -0.2) is 30.3 Å². The Balaban J connectivity index is 1.26. The first-order valence-electron chi connectivity index (χ1n) is 12.7. The number of rotatable bonds is 9. The number of H-pyrrole nitrogens is 1. The highest BCUT2D eigenvalue weighted by atomic mass is 32.1. The molecule has 4 aromatic rings. The number of hydrogen-bond donors (Lipinski definition) is 1. The lowest BCUT2D eigenvalue weighted by Crippen LogP contribution is -2.11. The summed E-state index contributed by atoms with van der Waals surface area (Å²) in [6.45, 7) is 5.22. The lowest BCUT2D eigenvalue weighted by Gasteiger charge is -2.13. The molecule has 0 saturated heterocycles. The van der Waals surface area contributed by atoms with E-state index in [1.807, 2.05) is 30.3 Å². The van der Waals surface area contributed by atoms with E-state index in [1.165, 1.54) is 22.4 Å². The molecule has 0 spiro atoms. The summed E-state index contributed by atoms with van der Waals surface area (Å²) in [5, 5.41) is 0.764. The number of nitrogens with one attached hydrogen (secondary N) is 1. The number of hydrogen-bond acceptors (Lipinski definition) is 6. The summed E-state index contributed by atoms with van der Waals surface area (Å²) in [7, 11) is 1.61. The summed E-state index contributed by atoms with van der Waals surface area (Å²) in [4.78, 5) is 22.8. The van der Waals surface area contributed by atoms with E-state index in [2.05, 4.69) is 31.0 Å². The van der Waals surface area contributed by atoms with Crippen LogP contribution < -0.4 is 19.8 Å². The SMILES string of the molecule is CC[C@H](C)c1ccc(OCCOc2ccc(-c3nc4sc5c(c4c(=O)[nH]3)CCCC5)cc2OC)cc1. The highest BCUT2D eigenvalue weighted by molar-refractivity contribution is 7.18. The molecule has 2 aromatic carbocycles. The fourth-order valence-electron chi connectivity index (χ4n) is 4.67. The van der Waals surface area contributed by atoms with E-state index in [1.54, 1.807) is 18.4 Å². The second-order valence-corrected chi connectivity index (χ2v) is 10.3. The monoisotopic (exact) mass is 504 g/mol. The number of aromatic nitrogens is 2. The molecule has 1 atom stereocenters. The van der Waals surface area contributed by atoms with Crippen molar-refractivity contribution in [3.63, 3.8) is 0 Å². The van der Waals surface area contributed by atoms with Crippen LogP contribution in [0.3, 0.4) is 0 Å². The maximum atomic E-state index is 12.9. The second kappa shape index (κ2) is 10.7. The predicted molar refractivity (Wildman–Crippen MR) is 145 cm³/mol. The Hall–Kier alpha value is -3.32. The molecule has 0 radical (unpaired) electrons. The standard InChI is InChI=1S/C29H32N2O4S/c1-4-18(2)19-9-12-21(13-10-19)34-15-16-35-23-14-11-20(17-24(23)33-3)27-30-28(32)26-22-7-5-6-8-25(22)36-29(26)31-27/h9-14,17-18H,4-8,15-16H2,1-3H3,(H,30,31,32)/t18-/m0/s1. The number of methoxy groups -OCH3 is 1. The second-order valence-electron chi connectivity index (χ2n) is 9.25. The number of thiophene rings is 1. The van der Waals surface area contributed by atoms with Gasteiger partial charge < -0.3 is 19.2 Å². The van der Waals surface area contributed by atoms with E-state index < -0.39 is 0 Å². The van der Waals surface area contributed by atoms with Crippen molar-refractivity contribution in [3.8, 4) is 28.6 Å². The Morgan fingerprint density at radius 2 is 1.81 bits per heavy atom. The molecule has 0 saturated carbocycles. The third kappa shape index (κ3) is 4.98. The van der Waals surface area contributed by atoms with Crippen LogP contribution in [0.5, 0.6) is 17.2 Å². The molecule has 1 N–H and O–H groups in total. The van der Waals surface area contributed by atoms with Crippen LogP contribution in [0.25, 0.3) is 21.6 Å². The first kappa shape index (κ1) is 24.4. The van der Waals surface area contributed by atoms with Crippen molar-refractivity contribution in [1.82, 2.24) is 9.97 Å². The molecule has 2 heterocycles. The van der Waals surface area contributed by atoms with E-state index >= 15 is 0 Å². The molecular weight excluding hydrogens is 472 g/mol. The third-order valence-electron chi connectivity index (χ3n) is 6.93. The highest BCUT2D eigenvalue weighted by Crippen LogP contribution is 2.35. The number of aromatic amines is 1. The number of fused-ring (bicyclic) bond motifs is 3. The smallest absolute Gasteiger partial charge is 0.260 e. The van der Waals surface area contributed by atoms with Crippen LogP contribution in [0.4, 0.5) is 0 Å². The molecule has 0 aliphatic heterocycles. The van der Waals surface area contributed by atoms with Gasteiger partial charge in [-0.3, -0.25) is 4.79 Å². The summed E-state index contributed by atoms with van der Waals surface area (Å²) in [5.74, 6) is 3.11. The molecule has 0 fully saturated rings. The van der Waals surface area contributed by atoms with Crippen LogP contribution in [0.15, 0.2) is 47.3 Å². The molecule has 6 nitrogen and oxygen atoms in total. The van der Waals surface area contributed by atoms with Crippen LogP contribution >= 0.6 is 11.3 Å². The minimum Gasteiger partial charge on any atom is -0.493 e. The van der Waals surface area contributed by atoms with E-state index in [0.29, 0.717) is 36.5 Å². The summed E-state index contributed by atoms with van der Waals surface area (Å²) >= 11 is 1.65. The molecule has 7 heteroatoms. The first-order chi connectivity index (χ1) is 17.6. The lowest BCUT2D eigenvalue weighted by molar-refractivity contribution is 0.211. The molecule has 5 rings (SSSR count). The molecule has 1 aliphatic rings. The number of benzene rings is 2. The van der Waals surface area contributed by atoms with Gasteiger partial charge in [-0.25, -0.2) is 4.98 Å². The molecular formula is C29H32N2O4S. The Bertz CT molecular complexity index is 1410. The van der Waals surface area contributed by atoms with Crippen molar-refractivity contribution in [2.75, 3.05) is 20.3 Å². The van der Waals surface area contributed by atoms with Crippen LogP contribution in [-0.2, 0) is 12.8 Å². The summed E-state index contributed by atoms with van der Waals surface area (Å²) in [6.07, 6.45) is 5.43.